The van der Waals surface area contributed by atoms with Gasteiger partial charge in [0.25, 0.3) is 0 Å². The van der Waals surface area contributed by atoms with Crippen molar-refractivity contribution in [3.63, 3.8) is 0 Å². The van der Waals surface area contributed by atoms with Crippen LogP contribution in [0.25, 0.3) is 0 Å². The first-order valence-electron chi connectivity index (χ1n) is 7.42. The monoisotopic (exact) mass is 299 g/mol. The number of nitrogens with zero attached hydrogens (tertiary/aromatic N) is 1. The highest BCUT2D eigenvalue weighted by atomic mass is 16.5. The molecule has 4 rings (SSSR count). The summed E-state index contributed by atoms with van der Waals surface area (Å²) < 4.78 is 10.9. The number of hydrogen-bond acceptors (Lipinski definition) is 4. The van der Waals surface area contributed by atoms with E-state index in [2.05, 4.69) is 0 Å². The number of carbonyl (C=O) groups excluding carboxylic acids is 2. The minimum absolute atomic E-state index is 0.0221. The molecule has 0 saturated carbocycles. The lowest BCUT2D eigenvalue weighted by molar-refractivity contribution is -0.151. The van der Waals surface area contributed by atoms with Crippen LogP contribution in [-0.2, 0) is 25.6 Å². The lowest BCUT2D eigenvalue weighted by atomic mass is 9.77. The van der Waals surface area contributed by atoms with E-state index in [1.54, 1.807) is 4.90 Å². The predicted octanol–water partition coefficient (Wildman–Crippen LogP) is 1.14. The van der Waals surface area contributed by atoms with Gasteiger partial charge in [-0.05, 0) is 5.56 Å². The van der Waals surface area contributed by atoms with Gasteiger partial charge in [0, 0.05) is 6.54 Å². The van der Waals surface area contributed by atoms with Crippen LogP contribution in [0.3, 0.4) is 0 Å². The van der Waals surface area contributed by atoms with E-state index in [1.807, 2.05) is 42.5 Å². The third-order valence-electron chi connectivity index (χ3n) is 4.87. The van der Waals surface area contributed by atoms with Gasteiger partial charge in [0.1, 0.15) is 11.5 Å². The third kappa shape index (κ3) is 1.75. The number of hydrogen-bond donors (Lipinski definition) is 0. The molecule has 5 heteroatoms. The van der Waals surface area contributed by atoms with Crippen LogP contribution in [0.5, 0.6) is 0 Å². The maximum absolute atomic E-state index is 12.8. The Balaban J connectivity index is 1.62. The van der Waals surface area contributed by atoms with Crippen LogP contribution in [-0.4, -0.2) is 42.1 Å². The summed E-state index contributed by atoms with van der Waals surface area (Å²) in [4.78, 5) is 26.6. The zero-order chi connectivity index (χ0) is 15.3. The van der Waals surface area contributed by atoms with E-state index in [4.69, 9.17) is 9.47 Å². The molecule has 0 aromatic heterocycles. The number of carbonyl (C=O) groups is 2. The number of likely N-dealkylation sites (tertiary alicyclic amines) is 1. The Morgan fingerprint density at radius 3 is 2.91 bits per heavy atom. The standard InChI is InChI=1S/C17H17NO4/c1-21-16(20)13-12-7-8-17(22-12)10-18(15(19)14(13)17)9-11-5-3-2-4-6-11/h2-8,12-14H,9-10H2,1H3/t12-,13+,14+,17+/m1/s1. The maximum Gasteiger partial charge on any atom is 0.312 e. The van der Waals surface area contributed by atoms with Gasteiger partial charge in [0.15, 0.2) is 0 Å². The number of esters is 1. The van der Waals surface area contributed by atoms with Crippen molar-refractivity contribution >= 4 is 11.9 Å². The van der Waals surface area contributed by atoms with Crippen molar-refractivity contribution in [3.05, 3.63) is 48.0 Å². The van der Waals surface area contributed by atoms with Crippen LogP contribution in [0.4, 0.5) is 0 Å². The zero-order valence-electron chi connectivity index (χ0n) is 12.3. The molecule has 0 radical (unpaired) electrons. The van der Waals surface area contributed by atoms with Gasteiger partial charge in [-0.3, -0.25) is 9.59 Å². The molecule has 0 aliphatic carbocycles. The Morgan fingerprint density at radius 1 is 1.41 bits per heavy atom. The van der Waals surface area contributed by atoms with E-state index in [-0.39, 0.29) is 18.0 Å². The Kier molecular flexibility index (Phi) is 2.87. The predicted molar refractivity (Wildman–Crippen MR) is 77.6 cm³/mol. The summed E-state index contributed by atoms with van der Waals surface area (Å²) in [6.07, 6.45) is 3.50. The van der Waals surface area contributed by atoms with Gasteiger partial charge in [-0.25, -0.2) is 0 Å². The smallest absolute Gasteiger partial charge is 0.312 e. The minimum atomic E-state index is -0.657. The maximum atomic E-state index is 12.8. The molecular formula is C17H17NO4. The number of ether oxygens (including phenoxy) is 2. The average molecular weight is 299 g/mol. The molecule has 114 valence electrons. The van der Waals surface area contributed by atoms with Crippen LogP contribution < -0.4 is 0 Å². The Labute approximate surface area is 128 Å². The Hall–Kier alpha value is -2.14. The highest BCUT2D eigenvalue weighted by Gasteiger charge is 2.67. The molecule has 4 atom stereocenters. The fraction of sp³-hybridized carbons (Fsp3) is 0.412. The molecule has 0 N–H and O–H groups in total. The van der Waals surface area contributed by atoms with Gasteiger partial charge < -0.3 is 14.4 Å². The summed E-state index contributed by atoms with van der Waals surface area (Å²) >= 11 is 0. The van der Waals surface area contributed by atoms with Crippen LogP contribution >= 0.6 is 0 Å². The Bertz CT molecular complexity index is 656. The van der Waals surface area contributed by atoms with Crippen LogP contribution in [0.1, 0.15) is 5.56 Å². The van der Waals surface area contributed by atoms with Crippen molar-refractivity contribution in [2.24, 2.45) is 11.8 Å². The van der Waals surface area contributed by atoms with E-state index in [0.29, 0.717) is 13.1 Å². The highest BCUT2D eigenvalue weighted by Crippen LogP contribution is 2.52. The lowest BCUT2D eigenvalue weighted by Crippen LogP contribution is -2.39. The topological polar surface area (TPSA) is 55.8 Å². The van der Waals surface area contributed by atoms with Crippen molar-refractivity contribution in [2.45, 2.75) is 18.2 Å². The fourth-order valence-corrected chi connectivity index (χ4v) is 3.92. The Morgan fingerprint density at radius 2 is 2.18 bits per heavy atom. The summed E-state index contributed by atoms with van der Waals surface area (Å²) in [5.41, 5.74) is 0.412. The first-order valence-corrected chi connectivity index (χ1v) is 7.42. The number of rotatable bonds is 3. The molecule has 1 aromatic carbocycles. The second kappa shape index (κ2) is 4.68. The van der Waals surface area contributed by atoms with Gasteiger partial charge in [0.2, 0.25) is 5.91 Å². The summed E-state index contributed by atoms with van der Waals surface area (Å²) in [6.45, 7) is 1.03. The molecule has 1 spiro atoms. The average Bonchev–Trinajstić information content (AvgIpc) is 3.16. The van der Waals surface area contributed by atoms with Gasteiger partial charge in [0.05, 0.1) is 25.7 Å². The first-order chi connectivity index (χ1) is 10.6. The molecule has 1 aromatic rings. The van der Waals surface area contributed by atoms with Crippen molar-refractivity contribution < 1.29 is 19.1 Å². The minimum Gasteiger partial charge on any atom is -0.469 e. The van der Waals surface area contributed by atoms with Crippen molar-refractivity contribution in [2.75, 3.05) is 13.7 Å². The van der Waals surface area contributed by atoms with E-state index in [1.165, 1.54) is 7.11 Å². The summed E-state index contributed by atoms with van der Waals surface area (Å²) in [6, 6.07) is 9.84. The summed E-state index contributed by atoms with van der Waals surface area (Å²) in [5, 5.41) is 0. The van der Waals surface area contributed by atoms with Crippen molar-refractivity contribution in [1.29, 1.82) is 0 Å². The molecule has 2 saturated heterocycles. The second-order valence-corrected chi connectivity index (χ2v) is 6.10. The fourth-order valence-electron chi connectivity index (χ4n) is 3.92. The quantitative estimate of drug-likeness (QED) is 0.620. The van der Waals surface area contributed by atoms with Gasteiger partial charge >= 0.3 is 5.97 Å². The van der Waals surface area contributed by atoms with Crippen LogP contribution in [0.15, 0.2) is 42.5 Å². The molecule has 22 heavy (non-hydrogen) atoms. The summed E-state index contributed by atoms with van der Waals surface area (Å²) in [5.74, 6) is -1.37. The zero-order valence-corrected chi connectivity index (χ0v) is 12.3. The van der Waals surface area contributed by atoms with Gasteiger partial charge in [-0.15, -0.1) is 0 Å². The number of benzene rings is 1. The number of fused-ring (bicyclic) bond motifs is 1. The molecule has 3 aliphatic rings. The van der Waals surface area contributed by atoms with Gasteiger partial charge in [-0.1, -0.05) is 42.5 Å². The lowest BCUT2D eigenvalue weighted by Gasteiger charge is -2.22. The first kappa shape index (κ1) is 13.5. The summed E-state index contributed by atoms with van der Waals surface area (Å²) in [7, 11) is 1.35. The van der Waals surface area contributed by atoms with Crippen molar-refractivity contribution in [3.8, 4) is 0 Å². The second-order valence-electron chi connectivity index (χ2n) is 6.10. The molecule has 2 fully saturated rings. The SMILES string of the molecule is COC(=O)[C@@H]1[C@H]2C(=O)N(Cc3ccccc3)C[C@@]23C=C[C@H]1O3. The van der Waals surface area contributed by atoms with Crippen LogP contribution in [0.2, 0.25) is 0 Å². The molecule has 0 unspecified atom stereocenters. The largest absolute Gasteiger partial charge is 0.469 e. The molecule has 3 aliphatic heterocycles. The molecular weight excluding hydrogens is 282 g/mol. The van der Waals surface area contributed by atoms with E-state index in [9.17, 15) is 9.59 Å². The highest BCUT2D eigenvalue weighted by molar-refractivity contribution is 5.91. The molecule has 3 heterocycles. The van der Waals surface area contributed by atoms with E-state index < -0.39 is 17.4 Å². The normalized spacial score (nSPS) is 35.0. The third-order valence-corrected chi connectivity index (χ3v) is 4.87. The molecule has 2 bridgehead atoms. The number of methoxy groups -OCH3 is 1. The van der Waals surface area contributed by atoms with Gasteiger partial charge in [-0.2, -0.15) is 0 Å². The molecule has 5 nitrogen and oxygen atoms in total. The van der Waals surface area contributed by atoms with Crippen molar-refractivity contribution in [1.82, 2.24) is 4.90 Å². The number of amides is 1. The molecule has 1 amide bonds. The van der Waals surface area contributed by atoms with Crippen LogP contribution in [0, 0.1) is 11.8 Å². The van der Waals surface area contributed by atoms with E-state index in [0.717, 1.165) is 5.56 Å². The van der Waals surface area contributed by atoms with E-state index >= 15 is 0 Å².